The van der Waals surface area contributed by atoms with Gasteiger partial charge in [-0.1, -0.05) is 6.07 Å². The van der Waals surface area contributed by atoms with E-state index < -0.39 is 30.9 Å². The minimum atomic E-state index is -2.71. The number of nitrogens with zero attached hydrogens (tertiary/aromatic N) is 8. The fraction of sp³-hybridized carbons (Fsp3) is 0.435. The lowest BCUT2D eigenvalue weighted by Crippen LogP contribution is -2.41. The number of hydrogen-bond acceptors (Lipinski definition) is 7. The minimum absolute atomic E-state index is 0.308. The van der Waals surface area contributed by atoms with Crippen LogP contribution in [0.25, 0.3) is 11.4 Å². The van der Waals surface area contributed by atoms with E-state index in [0.29, 0.717) is 28.3 Å². The Morgan fingerprint density at radius 1 is 0.972 bits per heavy atom. The van der Waals surface area contributed by atoms with E-state index in [2.05, 4.69) is 25.3 Å². The van der Waals surface area contributed by atoms with Crippen molar-refractivity contribution < 1.29 is 18.1 Å². The number of hydrogen-bond donors (Lipinski definition) is 0. The molecule has 10 nitrogen and oxygen atoms in total. The van der Waals surface area contributed by atoms with Gasteiger partial charge in [0.2, 0.25) is 0 Å². The Morgan fingerprint density at radius 2 is 1.72 bits per heavy atom. The molecule has 4 aromatic rings. The smallest absolute Gasteiger partial charge is 0.399 e. The average molecular weight is 496 g/mol. The number of aromatic nitrogens is 8. The molecular weight excluding hydrogens is 469 g/mol. The van der Waals surface area contributed by atoms with Gasteiger partial charge in [-0.15, -0.1) is 0 Å². The lowest BCUT2D eigenvalue weighted by molar-refractivity contribution is 0.00578. The molecule has 1 aliphatic rings. The van der Waals surface area contributed by atoms with E-state index >= 15 is 0 Å². The molecule has 1 atom stereocenters. The highest BCUT2D eigenvalue weighted by molar-refractivity contribution is 6.62. The van der Waals surface area contributed by atoms with Crippen LogP contribution in [-0.2, 0) is 22.8 Å². The monoisotopic (exact) mass is 496 g/mol. The van der Waals surface area contributed by atoms with Crippen LogP contribution < -0.4 is 5.46 Å². The average Bonchev–Trinajstić information content (AvgIpc) is 3.60. The number of halogens is 2. The van der Waals surface area contributed by atoms with Crippen molar-refractivity contribution in [1.29, 1.82) is 0 Å². The molecule has 0 bridgehead atoms. The molecule has 1 saturated heterocycles. The molecular formula is C23H27BF2N8O2. The summed E-state index contributed by atoms with van der Waals surface area (Å²) < 4.78 is 42.5. The molecule has 5 rings (SSSR count). The van der Waals surface area contributed by atoms with Crippen LogP contribution in [0.1, 0.15) is 51.7 Å². The first-order chi connectivity index (χ1) is 17.0. The van der Waals surface area contributed by atoms with Crippen LogP contribution in [0.15, 0.2) is 49.3 Å². The zero-order valence-corrected chi connectivity index (χ0v) is 20.7. The molecule has 0 saturated carbocycles. The minimum Gasteiger partial charge on any atom is -0.399 e. The normalized spacial score (nSPS) is 17.7. The third kappa shape index (κ3) is 4.44. The van der Waals surface area contributed by atoms with Gasteiger partial charge in [-0.3, -0.25) is 9.67 Å². The highest BCUT2D eigenvalue weighted by Crippen LogP contribution is 2.36. The maximum atomic E-state index is 13.1. The summed E-state index contributed by atoms with van der Waals surface area (Å²) in [6, 6.07) is 4.95. The molecule has 0 amide bonds. The van der Waals surface area contributed by atoms with Crippen LogP contribution in [0.2, 0.25) is 0 Å². The van der Waals surface area contributed by atoms with E-state index in [1.165, 1.54) is 12.5 Å². The Balaban J connectivity index is 1.46. The van der Waals surface area contributed by atoms with E-state index in [4.69, 9.17) is 9.31 Å². The molecule has 36 heavy (non-hydrogen) atoms. The summed E-state index contributed by atoms with van der Waals surface area (Å²) >= 11 is 0. The van der Waals surface area contributed by atoms with E-state index in [-0.39, 0.29) is 0 Å². The van der Waals surface area contributed by atoms with Gasteiger partial charge in [0, 0.05) is 37.5 Å². The highest BCUT2D eigenvalue weighted by Gasteiger charge is 2.51. The maximum Gasteiger partial charge on any atom is 0.496 e. The van der Waals surface area contributed by atoms with Crippen molar-refractivity contribution in [2.75, 3.05) is 0 Å². The van der Waals surface area contributed by atoms with Crippen LogP contribution in [0.5, 0.6) is 0 Å². The highest BCUT2D eigenvalue weighted by atomic mass is 19.3. The molecule has 0 radical (unpaired) electrons. The Hall–Kier alpha value is -3.45. The van der Waals surface area contributed by atoms with E-state index in [0.717, 1.165) is 11.0 Å². The quantitative estimate of drug-likeness (QED) is 0.363. The first-order valence-corrected chi connectivity index (χ1v) is 11.6. The van der Waals surface area contributed by atoms with E-state index in [1.807, 2.05) is 46.0 Å². The first-order valence-electron chi connectivity index (χ1n) is 11.6. The van der Waals surface area contributed by atoms with E-state index in [1.54, 1.807) is 34.9 Å². The van der Waals surface area contributed by atoms with Crippen LogP contribution in [-0.4, -0.2) is 57.6 Å². The van der Waals surface area contributed by atoms with Crippen molar-refractivity contribution in [2.45, 2.75) is 57.9 Å². The lowest BCUT2D eigenvalue weighted by atomic mass is 9.80. The predicted octanol–water partition coefficient (Wildman–Crippen LogP) is 2.80. The zero-order valence-electron chi connectivity index (χ0n) is 20.7. The summed E-state index contributed by atoms with van der Waals surface area (Å²) in [4.78, 5) is 8.96. The summed E-state index contributed by atoms with van der Waals surface area (Å²) in [7, 11) is 1.26. The molecule has 1 aliphatic heterocycles. The molecule has 5 heterocycles. The van der Waals surface area contributed by atoms with Gasteiger partial charge in [-0.25, -0.2) is 14.3 Å². The van der Waals surface area contributed by atoms with Gasteiger partial charge < -0.3 is 9.31 Å². The third-order valence-electron chi connectivity index (χ3n) is 6.83. The number of aryl methyl sites for hydroxylation is 1. The lowest BCUT2D eigenvalue weighted by Gasteiger charge is -2.32. The molecule has 1 fully saturated rings. The second-order valence-corrected chi connectivity index (χ2v) is 9.81. The largest absolute Gasteiger partial charge is 0.496 e. The molecule has 0 aromatic carbocycles. The zero-order chi connectivity index (χ0) is 25.7. The summed E-state index contributed by atoms with van der Waals surface area (Å²) in [6.45, 7) is 5.28. The van der Waals surface area contributed by atoms with Crippen molar-refractivity contribution in [3.8, 4) is 11.4 Å². The van der Waals surface area contributed by atoms with Gasteiger partial charge >= 0.3 is 13.7 Å². The van der Waals surface area contributed by atoms with Gasteiger partial charge in [0.1, 0.15) is 6.33 Å². The van der Waals surface area contributed by atoms with Crippen molar-refractivity contribution >= 4 is 12.6 Å². The molecule has 0 spiro atoms. The SMILES string of the molecule is Cn1ncnc1-c1cnn(C(Cc2ccn(C(F)F)n2)c2ccc(B3OC(C)(C)C(C)(C)O3)cn2)c1. The van der Waals surface area contributed by atoms with E-state index in [9.17, 15) is 8.78 Å². The number of pyridine rings is 1. The topological polar surface area (TPSA) is 97.7 Å². The molecule has 1 unspecified atom stereocenters. The fourth-order valence-corrected chi connectivity index (χ4v) is 4.04. The van der Waals surface area contributed by atoms with Gasteiger partial charge in [-0.05, 0) is 39.8 Å². The summed E-state index contributed by atoms with van der Waals surface area (Å²) in [5.74, 6) is 0.658. The Morgan fingerprint density at radius 3 is 2.31 bits per heavy atom. The molecule has 0 N–H and O–H groups in total. The van der Waals surface area contributed by atoms with Crippen molar-refractivity contribution in [3.05, 3.63) is 60.7 Å². The van der Waals surface area contributed by atoms with Gasteiger partial charge in [0.05, 0.1) is 40.4 Å². The van der Waals surface area contributed by atoms with Crippen molar-refractivity contribution in [2.24, 2.45) is 7.05 Å². The predicted molar refractivity (Wildman–Crippen MR) is 128 cm³/mol. The second-order valence-electron chi connectivity index (χ2n) is 9.81. The van der Waals surface area contributed by atoms with Crippen molar-refractivity contribution in [3.63, 3.8) is 0 Å². The number of alkyl halides is 2. The Kier molecular flexibility index (Phi) is 5.99. The van der Waals surface area contributed by atoms with Gasteiger partial charge in [0.25, 0.3) is 0 Å². The standard InChI is InChI=1S/C23H27BF2N8O2/c1-22(2)23(3,4)36-24(35-22)16-6-7-18(27-12-16)19(10-17-8-9-33(31-17)21(25)26)34-13-15(11-29-34)20-28-14-30-32(20)5/h6-9,11-14,19,21H,10H2,1-5H3. The molecule has 0 aliphatic carbocycles. The third-order valence-corrected chi connectivity index (χ3v) is 6.83. The maximum absolute atomic E-state index is 13.1. The first kappa shape index (κ1) is 24.3. The Labute approximate surface area is 207 Å². The summed E-state index contributed by atoms with van der Waals surface area (Å²) in [6.07, 6.45) is 8.28. The van der Waals surface area contributed by atoms with Gasteiger partial charge in [0.15, 0.2) is 5.82 Å². The summed E-state index contributed by atoms with van der Waals surface area (Å²) in [5, 5.41) is 12.7. The van der Waals surface area contributed by atoms with Gasteiger partial charge in [-0.2, -0.15) is 24.1 Å². The van der Waals surface area contributed by atoms with Crippen LogP contribution >= 0.6 is 0 Å². The summed E-state index contributed by atoms with van der Waals surface area (Å²) in [5.41, 5.74) is 1.81. The van der Waals surface area contributed by atoms with Crippen LogP contribution in [0.4, 0.5) is 8.78 Å². The van der Waals surface area contributed by atoms with Crippen LogP contribution in [0, 0.1) is 0 Å². The number of rotatable bonds is 7. The second kappa shape index (κ2) is 8.89. The van der Waals surface area contributed by atoms with Crippen LogP contribution in [0.3, 0.4) is 0 Å². The van der Waals surface area contributed by atoms with Crippen molar-refractivity contribution in [1.82, 2.24) is 39.3 Å². The molecule has 4 aromatic heterocycles. The molecule has 188 valence electrons. The molecule has 13 heteroatoms. The fourth-order valence-electron chi connectivity index (χ4n) is 4.04. The Bertz CT molecular complexity index is 1330.